The van der Waals surface area contributed by atoms with Gasteiger partial charge in [-0.2, -0.15) is 0 Å². The first kappa shape index (κ1) is 25.4. The molecule has 0 aromatic heterocycles. The maximum atomic E-state index is 12.0. The third-order valence-electron chi connectivity index (χ3n) is 3.44. The predicted molar refractivity (Wildman–Crippen MR) is 106 cm³/mol. The second-order valence-corrected chi connectivity index (χ2v) is 5.74. The van der Waals surface area contributed by atoms with Crippen molar-refractivity contribution in [3.05, 3.63) is 0 Å². The SMILES string of the molecule is C=NCCCOC(=O)NCCCC[C@H](NC(=O)OCCCN=C)C(=O)OCC. The van der Waals surface area contributed by atoms with Gasteiger partial charge in [0.05, 0.1) is 19.8 Å². The fourth-order valence-corrected chi connectivity index (χ4v) is 2.07. The Morgan fingerprint density at radius 1 is 0.893 bits per heavy atom. The monoisotopic (exact) mass is 400 g/mol. The zero-order valence-corrected chi connectivity index (χ0v) is 16.6. The molecule has 10 heteroatoms. The quantitative estimate of drug-likeness (QED) is 0.176. The average Bonchev–Trinajstić information content (AvgIpc) is 2.67. The number of carbonyl (C=O) groups is 3. The lowest BCUT2D eigenvalue weighted by molar-refractivity contribution is -0.145. The smallest absolute Gasteiger partial charge is 0.407 e. The van der Waals surface area contributed by atoms with Gasteiger partial charge in [0.25, 0.3) is 0 Å². The number of esters is 1. The van der Waals surface area contributed by atoms with Crippen molar-refractivity contribution >= 4 is 31.6 Å². The number of ether oxygens (including phenoxy) is 3. The Morgan fingerprint density at radius 2 is 1.50 bits per heavy atom. The summed E-state index contributed by atoms with van der Waals surface area (Å²) in [4.78, 5) is 42.5. The number of alkyl carbamates (subject to hydrolysis) is 2. The van der Waals surface area contributed by atoms with Gasteiger partial charge < -0.3 is 34.8 Å². The maximum Gasteiger partial charge on any atom is 0.407 e. The van der Waals surface area contributed by atoms with Crippen molar-refractivity contribution in [2.45, 2.75) is 45.1 Å². The van der Waals surface area contributed by atoms with Gasteiger partial charge >= 0.3 is 18.2 Å². The van der Waals surface area contributed by atoms with Crippen molar-refractivity contribution < 1.29 is 28.6 Å². The van der Waals surface area contributed by atoms with E-state index in [9.17, 15) is 14.4 Å². The maximum absolute atomic E-state index is 12.0. The standard InChI is InChI=1S/C18H32N4O6/c1-4-26-16(23)15(22-18(25)28-14-8-11-20-3)9-5-6-12-21-17(24)27-13-7-10-19-2/h15H,2-14H2,1H3,(H,21,24)(H,22,25)/t15-/m0/s1. The summed E-state index contributed by atoms with van der Waals surface area (Å²) in [5, 5.41) is 5.13. The number of rotatable bonds is 16. The van der Waals surface area contributed by atoms with Gasteiger partial charge in [-0.05, 0) is 39.6 Å². The number of hydrogen-bond donors (Lipinski definition) is 2. The molecule has 0 aliphatic rings. The fourth-order valence-electron chi connectivity index (χ4n) is 2.07. The zero-order valence-electron chi connectivity index (χ0n) is 16.6. The summed E-state index contributed by atoms with van der Waals surface area (Å²) in [5.41, 5.74) is 0. The molecular weight excluding hydrogens is 368 g/mol. The van der Waals surface area contributed by atoms with Crippen LogP contribution in [0.3, 0.4) is 0 Å². The Hall–Kier alpha value is -2.65. The van der Waals surface area contributed by atoms with Crippen molar-refractivity contribution in [3.8, 4) is 0 Å². The molecule has 2 N–H and O–H groups in total. The summed E-state index contributed by atoms with van der Waals surface area (Å²) in [6.07, 6.45) is 1.58. The third kappa shape index (κ3) is 14.5. The number of unbranched alkanes of at least 4 members (excludes halogenated alkanes) is 1. The molecule has 2 amide bonds. The lowest BCUT2D eigenvalue weighted by Crippen LogP contribution is -2.42. The molecule has 1 atom stereocenters. The van der Waals surface area contributed by atoms with E-state index in [1.165, 1.54) is 0 Å². The average molecular weight is 400 g/mol. The first-order chi connectivity index (χ1) is 13.5. The molecule has 0 aliphatic carbocycles. The van der Waals surface area contributed by atoms with Crippen LogP contribution in [0.4, 0.5) is 9.59 Å². The van der Waals surface area contributed by atoms with Crippen LogP contribution < -0.4 is 10.6 Å². The van der Waals surface area contributed by atoms with Gasteiger partial charge in [0.15, 0.2) is 0 Å². The largest absolute Gasteiger partial charge is 0.464 e. The highest BCUT2D eigenvalue weighted by Crippen LogP contribution is 2.04. The van der Waals surface area contributed by atoms with Crippen LogP contribution in [0.25, 0.3) is 0 Å². The third-order valence-corrected chi connectivity index (χ3v) is 3.44. The van der Waals surface area contributed by atoms with Gasteiger partial charge in [0.2, 0.25) is 0 Å². The minimum atomic E-state index is -0.802. The molecule has 0 bridgehead atoms. The van der Waals surface area contributed by atoms with Crippen LogP contribution in [0.2, 0.25) is 0 Å². The van der Waals surface area contributed by atoms with Crippen molar-refractivity contribution in [3.63, 3.8) is 0 Å². The van der Waals surface area contributed by atoms with E-state index >= 15 is 0 Å². The number of aliphatic imine (C=N–C) groups is 2. The highest BCUT2D eigenvalue weighted by molar-refractivity contribution is 5.81. The van der Waals surface area contributed by atoms with E-state index in [0.29, 0.717) is 51.7 Å². The van der Waals surface area contributed by atoms with Gasteiger partial charge in [0.1, 0.15) is 6.04 Å². The summed E-state index contributed by atoms with van der Waals surface area (Å²) in [6.45, 7) is 10.5. The molecule has 0 aromatic carbocycles. The molecule has 0 aromatic rings. The van der Waals surface area contributed by atoms with Gasteiger partial charge in [0, 0.05) is 32.5 Å². The number of hydrogen-bond acceptors (Lipinski definition) is 8. The van der Waals surface area contributed by atoms with Gasteiger partial charge in [-0.25, -0.2) is 14.4 Å². The molecule has 0 fully saturated rings. The lowest BCUT2D eigenvalue weighted by Gasteiger charge is -2.17. The summed E-state index contributed by atoms with van der Waals surface area (Å²) < 4.78 is 14.9. The van der Waals surface area contributed by atoms with E-state index in [4.69, 9.17) is 14.2 Å². The van der Waals surface area contributed by atoms with Gasteiger partial charge in [-0.15, -0.1) is 0 Å². The van der Waals surface area contributed by atoms with E-state index in [1.54, 1.807) is 6.92 Å². The van der Waals surface area contributed by atoms with E-state index in [-0.39, 0.29) is 19.8 Å². The first-order valence-electron chi connectivity index (χ1n) is 9.40. The molecular formula is C18H32N4O6. The highest BCUT2D eigenvalue weighted by Gasteiger charge is 2.22. The van der Waals surface area contributed by atoms with Crippen LogP contribution in [-0.4, -0.2) is 77.1 Å². The fraction of sp³-hybridized carbons (Fsp3) is 0.722. The van der Waals surface area contributed by atoms with Gasteiger partial charge in [-0.1, -0.05) is 0 Å². The molecule has 0 aliphatic heterocycles. The predicted octanol–water partition coefficient (Wildman–Crippen LogP) is 1.72. The molecule has 0 rings (SSSR count). The van der Waals surface area contributed by atoms with Crippen molar-refractivity contribution in [2.75, 3.05) is 39.5 Å². The molecule has 0 radical (unpaired) electrons. The molecule has 0 unspecified atom stereocenters. The van der Waals surface area contributed by atoms with E-state index < -0.39 is 24.2 Å². The van der Waals surface area contributed by atoms with Crippen molar-refractivity contribution in [1.29, 1.82) is 0 Å². The number of carbonyl (C=O) groups excluding carboxylic acids is 3. The van der Waals surface area contributed by atoms with Crippen LogP contribution in [0.1, 0.15) is 39.0 Å². The second-order valence-electron chi connectivity index (χ2n) is 5.74. The Morgan fingerprint density at radius 3 is 2.07 bits per heavy atom. The second kappa shape index (κ2) is 17.7. The summed E-state index contributed by atoms with van der Waals surface area (Å²) >= 11 is 0. The van der Waals surface area contributed by atoms with Crippen molar-refractivity contribution in [1.82, 2.24) is 10.6 Å². The van der Waals surface area contributed by atoms with E-state index in [0.717, 1.165) is 0 Å². The minimum Gasteiger partial charge on any atom is -0.464 e. The van der Waals surface area contributed by atoms with Crippen LogP contribution in [0, 0.1) is 0 Å². The molecule has 0 heterocycles. The number of nitrogens with one attached hydrogen (secondary N) is 2. The number of amides is 2. The molecule has 0 saturated heterocycles. The van der Waals surface area contributed by atoms with Crippen LogP contribution in [0.15, 0.2) is 9.98 Å². The zero-order chi connectivity index (χ0) is 21.0. The molecule has 28 heavy (non-hydrogen) atoms. The van der Waals surface area contributed by atoms with Crippen molar-refractivity contribution in [2.24, 2.45) is 9.98 Å². The summed E-state index contributed by atoms with van der Waals surface area (Å²) in [6, 6.07) is -0.802. The van der Waals surface area contributed by atoms with Crippen LogP contribution in [-0.2, 0) is 19.0 Å². The first-order valence-corrected chi connectivity index (χ1v) is 9.40. The Kier molecular flexibility index (Phi) is 16.1. The summed E-state index contributed by atoms with van der Waals surface area (Å²) in [5.74, 6) is -0.518. The molecule has 10 nitrogen and oxygen atoms in total. The van der Waals surface area contributed by atoms with Crippen LogP contribution >= 0.6 is 0 Å². The topological polar surface area (TPSA) is 128 Å². The Bertz CT molecular complexity index is 487. The Balaban J connectivity index is 4.09. The molecule has 0 spiro atoms. The van der Waals surface area contributed by atoms with Crippen LogP contribution in [0.5, 0.6) is 0 Å². The van der Waals surface area contributed by atoms with Gasteiger partial charge in [-0.3, -0.25) is 0 Å². The summed E-state index contributed by atoms with van der Waals surface area (Å²) in [7, 11) is 0. The number of nitrogens with zero attached hydrogens (tertiary/aromatic N) is 2. The molecule has 160 valence electrons. The highest BCUT2D eigenvalue weighted by atomic mass is 16.6. The molecule has 0 saturated carbocycles. The Labute approximate surface area is 166 Å². The van der Waals surface area contributed by atoms with E-state index in [2.05, 4.69) is 34.1 Å². The lowest BCUT2D eigenvalue weighted by atomic mass is 10.1. The normalized spacial score (nSPS) is 11.0. The minimum absolute atomic E-state index is 0.190. The van der Waals surface area contributed by atoms with E-state index in [1.807, 2.05) is 0 Å².